The normalized spacial score (nSPS) is 13.4. The molecule has 226 valence electrons. The van der Waals surface area contributed by atoms with Gasteiger partial charge in [-0.3, -0.25) is 0 Å². The highest BCUT2D eigenvalue weighted by Crippen LogP contribution is 2.52. The maximum atomic E-state index is 2.46. The summed E-state index contributed by atoms with van der Waals surface area (Å²) in [6.07, 6.45) is 0. The van der Waals surface area contributed by atoms with Crippen molar-refractivity contribution in [2.45, 2.75) is 19.3 Å². The summed E-state index contributed by atoms with van der Waals surface area (Å²) < 4.78 is 2.74. The molecule has 0 unspecified atom stereocenters. The number of benzene rings is 8. The minimum Gasteiger partial charge on any atom is -0.135 e. The first kappa shape index (κ1) is 27.6. The number of rotatable bonds is 3. The summed E-state index contributed by atoms with van der Waals surface area (Å²) in [7, 11) is 0. The highest BCUT2D eigenvalue weighted by atomic mass is 32.1. The first-order chi connectivity index (χ1) is 23.6. The molecule has 0 bridgehead atoms. The number of thiophene rings is 1. The zero-order valence-electron chi connectivity index (χ0n) is 26.9. The largest absolute Gasteiger partial charge is 0.135 e. The van der Waals surface area contributed by atoms with Crippen LogP contribution in [0.5, 0.6) is 0 Å². The fourth-order valence-corrected chi connectivity index (χ4v) is 9.46. The Morgan fingerprint density at radius 2 is 0.854 bits per heavy atom. The monoisotopic (exact) mass is 628 g/mol. The van der Waals surface area contributed by atoms with Crippen molar-refractivity contribution in [3.05, 3.63) is 169 Å². The van der Waals surface area contributed by atoms with E-state index in [0.29, 0.717) is 0 Å². The maximum absolute atomic E-state index is 2.46. The molecule has 0 N–H and O–H groups in total. The van der Waals surface area contributed by atoms with Gasteiger partial charge in [-0.05, 0) is 101 Å². The second kappa shape index (κ2) is 10.2. The molecule has 0 fully saturated rings. The van der Waals surface area contributed by atoms with E-state index in [4.69, 9.17) is 0 Å². The van der Waals surface area contributed by atoms with Crippen LogP contribution in [0.2, 0.25) is 0 Å². The standard InChI is InChI=1S/C47H32S/c1-47(2)41-25-24-32(26-38(41)39-27-40-33-14-10-11-19-43(33)48-44(40)28-42(39)47)29-20-22-31(23-21-29)46-36-17-8-6-15-34(36)45(30-12-4-3-5-13-30)35-16-7-9-18-37(35)46/h3-28H,1-2H3. The molecule has 0 amide bonds. The average Bonchev–Trinajstić information content (AvgIpc) is 3.61. The molecule has 0 radical (unpaired) electrons. The van der Waals surface area contributed by atoms with Crippen molar-refractivity contribution in [3.63, 3.8) is 0 Å². The predicted octanol–water partition coefficient (Wildman–Crippen LogP) is 13.7. The second-order valence-corrected chi connectivity index (χ2v) is 14.7. The fourth-order valence-electron chi connectivity index (χ4n) is 8.33. The quantitative estimate of drug-likeness (QED) is 0.171. The van der Waals surface area contributed by atoms with Gasteiger partial charge in [-0.15, -0.1) is 11.3 Å². The van der Waals surface area contributed by atoms with E-state index in [9.17, 15) is 0 Å². The smallest absolute Gasteiger partial charge is 0.0358 e. The van der Waals surface area contributed by atoms with Crippen LogP contribution in [0.25, 0.3) is 86.2 Å². The summed E-state index contributed by atoms with van der Waals surface area (Å²) in [5, 5.41) is 7.86. The molecule has 10 rings (SSSR count). The second-order valence-electron chi connectivity index (χ2n) is 13.7. The Kier molecular flexibility index (Phi) is 5.89. The Bertz CT molecular complexity index is 2670. The first-order valence-electron chi connectivity index (χ1n) is 16.8. The summed E-state index contributed by atoms with van der Waals surface area (Å²) >= 11 is 1.91. The molecule has 8 aromatic carbocycles. The molecule has 1 aliphatic carbocycles. The van der Waals surface area contributed by atoms with E-state index in [-0.39, 0.29) is 5.41 Å². The Hall–Kier alpha value is -5.50. The maximum Gasteiger partial charge on any atom is 0.0358 e. The Labute approximate surface area is 284 Å². The number of hydrogen-bond donors (Lipinski definition) is 0. The molecule has 1 aromatic heterocycles. The van der Waals surface area contributed by atoms with Crippen LogP contribution in [0, 0.1) is 0 Å². The van der Waals surface area contributed by atoms with Crippen molar-refractivity contribution in [1.29, 1.82) is 0 Å². The molecular weight excluding hydrogens is 597 g/mol. The number of hydrogen-bond acceptors (Lipinski definition) is 1. The molecule has 1 heteroatoms. The van der Waals surface area contributed by atoms with Gasteiger partial charge in [0.2, 0.25) is 0 Å². The van der Waals surface area contributed by atoms with E-state index < -0.39 is 0 Å². The van der Waals surface area contributed by atoms with Crippen LogP contribution >= 0.6 is 11.3 Å². The Morgan fingerprint density at radius 1 is 0.354 bits per heavy atom. The molecule has 0 nitrogen and oxygen atoms in total. The third kappa shape index (κ3) is 3.95. The summed E-state index contributed by atoms with van der Waals surface area (Å²) in [6.45, 7) is 4.76. The summed E-state index contributed by atoms with van der Waals surface area (Å²) in [4.78, 5) is 0. The third-order valence-corrected chi connectivity index (χ3v) is 11.8. The lowest BCUT2D eigenvalue weighted by Crippen LogP contribution is -2.14. The van der Waals surface area contributed by atoms with Gasteiger partial charge in [-0.25, -0.2) is 0 Å². The highest BCUT2D eigenvalue weighted by Gasteiger charge is 2.36. The van der Waals surface area contributed by atoms with Gasteiger partial charge in [-0.2, -0.15) is 0 Å². The van der Waals surface area contributed by atoms with Gasteiger partial charge in [0.15, 0.2) is 0 Å². The van der Waals surface area contributed by atoms with Gasteiger partial charge in [0.05, 0.1) is 0 Å². The van der Waals surface area contributed by atoms with E-state index in [1.165, 1.54) is 97.4 Å². The van der Waals surface area contributed by atoms with Crippen molar-refractivity contribution < 1.29 is 0 Å². The summed E-state index contributed by atoms with van der Waals surface area (Å²) in [5.74, 6) is 0. The lowest BCUT2D eigenvalue weighted by Gasteiger charge is -2.21. The Balaban J connectivity index is 1.11. The molecule has 0 spiro atoms. The zero-order valence-corrected chi connectivity index (χ0v) is 27.7. The van der Waals surface area contributed by atoms with Crippen LogP contribution in [0.15, 0.2) is 158 Å². The van der Waals surface area contributed by atoms with Crippen molar-refractivity contribution in [3.8, 4) is 44.5 Å². The molecule has 0 aliphatic heterocycles. The van der Waals surface area contributed by atoms with E-state index in [2.05, 4.69) is 172 Å². The van der Waals surface area contributed by atoms with Crippen LogP contribution in [0.4, 0.5) is 0 Å². The first-order valence-corrected chi connectivity index (χ1v) is 17.6. The van der Waals surface area contributed by atoms with Crippen LogP contribution in [-0.2, 0) is 5.41 Å². The van der Waals surface area contributed by atoms with Crippen molar-refractivity contribution >= 4 is 53.1 Å². The molecule has 0 atom stereocenters. The summed E-state index contributed by atoms with van der Waals surface area (Å²) in [6, 6.07) is 58.7. The van der Waals surface area contributed by atoms with Crippen LogP contribution in [0.3, 0.4) is 0 Å². The van der Waals surface area contributed by atoms with Crippen molar-refractivity contribution in [2.75, 3.05) is 0 Å². The average molecular weight is 629 g/mol. The van der Waals surface area contributed by atoms with Gasteiger partial charge >= 0.3 is 0 Å². The van der Waals surface area contributed by atoms with Gasteiger partial charge in [0.1, 0.15) is 0 Å². The third-order valence-electron chi connectivity index (χ3n) is 10.7. The predicted molar refractivity (Wildman–Crippen MR) is 208 cm³/mol. The van der Waals surface area contributed by atoms with E-state index in [0.717, 1.165) is 0 Å². The minimum atomic E-state index is -0.0363. The van der Waals surface area contributed by atoms with E-state index in [1.54, 1.807) is 0 Å². The van der Waals surface area contributed by atoms with Crippen LogP contribution < -0.4 is 0 Å². The van der Waals surface area contributed by atoms with E-state index >= 15 is 0 Å². The molecule has 1 aliphatic rings. The zero-order chi connectivity index (χ0) is 32.0. The Morgan fingerprint density at radius 3 is 1.50 bits per heavy atom. The summed E-state index contributed by atoms with van der Waals surface area (Å²) in [5.41, 5.74) is 13.1. The SMILES string of the molecule is CC1(C)c2ccc(-c3ccc(-c4c5ccccc5c(-c5ccccc5)c5ccccc45)cc3)cc2-c2cc3c(cc21)sc1ccccc13. The molecular formula is C47H32S. The van der Waals surface area contributed by atoms with Gasteiger partial charge in [-0.1, -0.05) is 147 Å². The molecule has 1 heterocycles. The molecule has 9 aromatic rings. The van der Waals surface area contributed by atoms with Crippen LogP contribution in [-0.4, -0.2) is 0 Å². The topological polar surface area (TPSA) is 0 Å². The molecule has 0 saturated heterocycles. The van der Waals surface area contributed by atoms with E-state index in [1.807, 2.05) is 11.3 Å². The lowest BCUT2D eigenvalue weighted by atomic mass is 9.82. The lowest BCUT2D eigenvalue weighted by molar-refractivity contribution is 0.661. The van der Waals surface area contributed by atoms with Crippen molar-refractivity contribution in [2.24, 2.45) is 0 Å². The van der Waals surface area contributed by atoms with Crippen molar-refractivity contribution in [1.82, 2.24) is 0 Å². The number of fused-ring (bicyclic) bond motifs is 8. The highest BCUT2D eigenvalue weighted by molar-refractivity contribution is 7.25. The minimum absolute atomic E-state index is 0.0363. The van der Waals surface area contributed by atoms with Gasteiger partial charge in [0.25, 0.3) is 0 Å². The van der Waals surface area contributed by atoms with Gasteiger partial charge < -0.3 is 0 Å². The molecule has 48 heavy (non-hydrogen) atoms. The fraction of sp³-hybridized carbons (Fsp3) is 0.0638. The van der Waals surface area contributed by atoms with Gasteiger partial charge in [0, 0.05) is 25.6 Å². The van der Waals surface area contributed by atoms with Crippen LogP contribution in [0.1, 0.15) is 25.0 Å². The molecule has 0 saturated carbocycles.